The third kappa shape index (κ3) is 10.0. The van der Waals surface area contributed by atoms with Gasteiger partial charge >= 0.3 is 57.4 Å². The number of nitrogens with zero attached hydrogens (tertiary/aromatic N) is 3. The number of nitrogens with one attached hydrogen (secondary N) is 3. The molecule has 1 aliphatic heterocycles. The summed E-state index contributed by atoms with van der Waals surface area (Å²) in [5, 5.41) is 2.25. The van der Waals surface area contributed by atoms with Gasteiger partial charge in [0.1, 0.15) is 5.57 Å². The second-order valence-electron chi connectivity index (χ2n) is 12.1. The van der Waals surface area contributed by atoms with E-state index in [1.165, 1.54) is 18.2 Å². The summed E-state index contributed by atoms with van der Waals surface area (Å²) in [7, 11) is 0. The Labute approximate surface area is 368 Å². The molecule has 4 amide bonds. The van der Waals surface area contributed by atoms with Crippen LogP contribution in [0.3, 0.4) is 0 Å². The number of amides is 4. The van der Waals surface area contributed by atoms with Crippen molar-refractivity contribution in [3.05, 3.63) is 201 Å². The number of allylic oxidation sites excluding steroid dienone is 4. The average molecular weight is 784 g/mol. The molecule has 57 heavy (non-hydrogen) atoms. The first-order valence-corrected chi connectivity index (χ1v) is 17.0. The van der Waals surface area contributed by atoms with Gasteiger partial charge in [0.15, 0.2) is 5.56 Å². The molecule has 0 saturated carbocycles. The molecule has 4 N–H and O–H groups in total. The Kier molecular flexibility index (Phi) is 14.5. The molecule has 13 nitrogen and oxygen atoms in total. The van der Waals surface area contributed by atoms with Gasteiger partial charge in [-0.15, -0.1) is 6.08 Å². The molecule has 0 unspecified atom stereocenters. The molecule has 6 aromatic rings. The van der Waals surface area contributed by atoms with Crippen LogP contribution >= 0.6 is 0 Å². The molecule has 3 heterocycles. The largest absolute Gasteiger partial charge is 1.00 e. The first kappa shape index (κ1) is 42.0. The molecule has 2 aromatic heterocycles. The molecule has 1 aliphatic rings. The maximum atomic E-state index is 13.7. The van der Waals surface area contributed by atoms with Gasteiger partial charge in [-0.05, 0) is 76.4 Å². The fourth-order valence-electron chi connectivity index (χ4n) is 5.78. The minimum Gasteiger partial charge on any atom is -0.870 e. The number of aromatic nitrogens is 3. The molecule has 0 atom stereocenters. The summed E-state index contributed by atoms with van der Waals surface area (Å²) in [6.07, 6.45) is 11.6. The van der Waals surface area contributed by atoms with Gasteiger partial charge in [-0.3, -0.25) is 30.2 Å². The van der Waals surface area contributed by atoms with Crippen LogP contribution in [0.5, 0.6) is 0 Å². The Hall–Kier alpha value is -6.10. The first-order valence-electron chi connectivity index (χ1n) is 17.0. The number of benzene rings is 4. The second kappa shape index (κ2) is 19.7. The number of anilines is 2. The van der Waals surface area contributed by atoms with Gasteiger partial charge < -0.3 is 24.6 Å². The zero-order chi connectivity index (χ0) is 38.1. The van der Waals surface area contributed by atoms with Crippen LogP contribution in [-0.2, 0) is 21.0 Å². The van der Waals surface area contributed by atoms with E-state index >= 15 is 0 Å². The minimum atomic E-state index is -0.874. The number of carbonyl (C=O) groups excluding carboxylic acids is 3. The Bertz CT molecular complexity index is 2610. The van der Waals surface area contributed by atoms with Crippen molar-refractivity contribution in [1.82, 2.24) is 19.9 Å². The summed E-state index contributed by atoms with van der Waals surface area (Å²) >= 11 is 0. The van der Waals surface area contributed by atoms with Gasteiger partial charge in [-0.1, -0.05) is 103 Å². The Morgan fingerprint density at radius 2 is 1.47 bits per heavy atom. The van der Waals surface area contributed by atoms with Crippen LogP contribution in [0.2, 0.25) is 0 Å². The Morgan fingerprint density at radius 3 is 2.23 bits per heavy atom. The number of urea groups is 1. The van der Waals surface area contributed by atoms with Crippen molar-refractivity contribution in [2.24, 2.45) is 0 Å². The maximum absolute atomic E-state index is 13.7. The van der Waals surface area contributed by atoms with Crippen molar-refractivity contribution < 1.29 is 76.1 Å². The number of imide groups is 2. The SMILES string of the molecule is O=C1NC(=O)N(c2cccc(-c3ccccc3)c2)C(=O)C1=CC=C(C=Cc1[c-][nH]c(=O)n(-c2cccc(NOCc3ccccc3)c2)c1=O)c1ccncc1.[K+].[OH-]. The smallest absolute Gasteiger partial charge is 0.870 e. The van der Waals surface area contributed by atoms with Crippen LogP contribution in [0.25, 0.3) is 28.5 Å². The monoisotopic (exact) mass is 783 g/mol. The van der Waals surface area contributed by atoms with Crippen molar-refractivity contribution in [2.75, 3.05) is 10.4 Å². The van der Waals surface area contributed by atoms with E-state index in [0.717, 1.165) is 26.2 Å². The third-order valence-corrected chi connectivity index (χ3v) is 8.50. The predicted octanol–water partition coefficient (Wildman–Crippen LogP) is 3.07. The summed E-state index contributed by atoms with van der Waals surface area (Å²) < 4.78 is 0.972. The fraction of sp³-hybridized carbons (Fsp3) is 0.0233. The molecule has 278 valence electrons. The van der Waals surface area contributed by atoms with Gasteiger partial charge in [-0.25, -0.2) is 9.69 Å². The number of hydrogen-bond donors (Lipinski definition) is 3. The van der Waals surface area contributed by atoms with E-state index in [9.17, 15) is 24.0 Å². The number of aromatic amines is 1. The van der Waals surface area contributed by atoms with Crippen molar-refractivity contribution >= 4 is 40.9 Å². The van der Waals surface area contributed by atoms with E-state index in [4.69, 9.17) is 4.84 Å². The number of H-pyrrole nitrogens is 1. The van der Waals surface area contributed by atoms with Crippen LogP contribution in [0.1, 0.15) is 16.7 Å². The summed E-state index contributed by atoms with van der Waals surface area (Å²) in [6, 6.07) is 35.1. The maximum Gasteiger partial charge on any atom is 1.00 e. The molecular formula is C43H32KN6O7-. The topological polar surface area (TPSA) is 185 Å². The van der Waals surface area contributed by atoms with E-state index in [2.05, 4.69) is 27.0 Å². The summed E-state index contributed by atoms with van der Waals surface area (Å²) in [5.41, 5.74) is 6.05. The van der Waals surface area contributed by atoms with Crippen LogP contribution in [0.4, 0.5) is 16.2 Å². The molecule has 4 aromatic carbocycles. The molecule has 14 heteroatoms. The standard InChI is InChI=1S/C43H31N6O6.K.H2O/c50-39-38(41(52)49(43(54)46-39)36-15-7-13-33(25-36)30-11-5-2-6-12-30)20-19-31(32-21-23-44-24-22-32)17-18-34-27-45-42(53)48(40(34)51)37-16-8-14-35(26-37)47-55-28-29-9-3-1-4-10-29;;/h1-26,47H,28H2,(H,45,53)(H,46,50,54);;1H2/q-1;+1;/p-1. The van der Waals surface area contributed by atoms with E-state index < -0.39 is 29.1 Å². The first-order chi connectivity index (χ1) is 26.9. The molecule has 0 spiro atoms. The third-order valence-electron chi connectivity index (χ3n) is 8.50. The second-order valence-corrected chi connectivity index (χ2v) is 12.1. The van der Waals surface area contributed by atoms with Gasteiger partial charge in [-0.2, -0.15) is 0 Å². The molecule has 7 rings (SSSR count). The summed E-state index contributed by atoms with van der Waals surface area (Å²) in [4.78, 5) is 79.4. The number of rotatable bonds is 11. The molecule has 0 bridgehead atoms. The van der Waals surface area contributed by atoms with E-state index in [1.807, 2.05) is 66.7 Å². The number of pyridine rings is 1. The number of barbiturate groups is 1. The predicted molar refractivity (Wildman–Crippen MR) is 211 cm³/mol. The number of hydrogen-bond acceptors (Lipinski definition) is 9. The minimum absolute atomic E-state index is 0. The molecule has 0 aliphatic carbocycles. The zero-order valence-corrected chi connectivity index (χ0v) is 33.6. The van der Waals surface area contributed by atoms with Crippen molar-refractivity contribution in [3.63, 3.8) is 0 Å². The molecule has 1 fully saturated rings. The molecule has 1 saturated heterocycles. The summed E-state index contributed by atoms with van der Waals surface area (Å²) in [6.45, 7) is 0.294. The average Bonchev–Trinajstić information content (AvgIpc) is 3.21. The fourth-order valence-corrected chi connectivity index (χ4v) is 5.78. The van der Waals surface area contributed by atoms with Crippen molar-refractivity contribution in [1.29, 1.82) is 0 Å². The van der Waals surface area contributed by atoms with Gasteiger partial charge in [0, 0.05) is 18.1 Å². The van der Waals surface area contributed by atoms with E-state index in [0.29, 0.717) is 23.4 Å². The zero-order valence-electron chi connectivity index (χ0n) is 30.5. The van der Waals surface area contributed by atoms with E-state index in [-0.39, 0.29) is 79.4 Å². The Balaban J connectivity index is 0.00000310. The Morgan fingerprint density at radius 1 is 0.789 bits per heavy atom. The van der Waals surface area contributed by atoms with Crippen LogP contribution < -0.4 is 78.3 Å². The number of carbonyl (C=O) groups is 3. The van der Waals surface area contributed by atoms with Crippen LogP contribution in [0.15, 0.2) is 167 Å². The van der Waals surface area contributed by atoms with Gasteiger partial charge in [0.05, 0.1) is 18.0 Å². The van der Waals surface area contributed by atoms with Gasteiger partial charge in [0.25, 0.3) is 11.8 Å². The van der Waals surface area contributed by atoms with E-state index in [1.54, 1.807) is 73.1 Å². The van der Waals surface area contributed by atoms with Crippen molar-refractivity contribution in [2.45, 2.75) is 6.61 Å². The van der Waals surface area contributed by atoms with Crippen molar-refractivity contribution in [3.8, 4) is 16.8 Å². The van der Waals surface area contributed by atoms with Crippen LogP contribution in [0, 0.1) is 6.20 Å². The van der Waals surface area contributed by atoms with Crippen LogP contribution in [-0.4, -0.2) is 37.9 Å². The molecule has 0 radical (unpaired) electrons. The molecular weight excluding hydrogens is 752 g/mol. The summed E-state index contributed by atoms with van der Waals surface area (Å²) in [5.74, 6) is -1.67. The quantitative estimate of drug-likeness (QED) is 0.0444. The van der Waals surface area contributed by atoms with Gasteiger partial charge in [0.2, 0.25) is 5.69 Å². The normalized spacial score (nSPS) is 13.5.